The molecule has 1 rings (SSSR count). The molecule has 0 spiro atoms. The van der Waals surface area contributed by atoms with Crippen molar-refractivity contribution in [1.29, 1.82) is 5.26 Å². The molecule has 1 aromatic heterocycles. The van der Waals surface area contributed by atoms with Crippen molar-refractivity contribution in [3.8, 4) is 6.07 Å². The zero-order chi connectivity index (χ0) is 11.1. The van der Waals surface area contributed by atoms with E-state index in [4.69, 9.17) is 10.00 Å². The first-order valence-corrected chi connectivity index (χ1v) is 4.78. The van der Waals surface area contributed by atoms with Gasteiger partial charge in [0.15, 0.2) is 0 Å². The minimum absolute atomic E-state index is 0.170. The average Bonchev–Trinajstić information content (AvgIpc) is 2.29. The maximum absolute atomic E-state index is 8.66. The Hall–Kier alpha value is -1.67. The first kappa shape index (κ1) is 11.4. The molecule has 0 fully saturated rings. The Labute approximate surface area is 89.1 Å². The number of nitrogens with one attached hydrogen (secondary N) is 1. The van der Waals surface area contributed by atoms with Crippen LogP contribution in [0.3, 0.4) is 0 Å². The molecule has 1 heterocycles. The minimum Gasteiger partial charge on any atom is -0.383 e. The highest BCUT2D eigenvalue weighted by atomic mass is 16.5. The van der Waals surface area contributed by atoms with E-state index >= 15 is 0 Å². The van der Waals surface area contributed by atoms with E-state index in [0.29, 0.717) is 18.2 Å². The molecule has 15 heavy (non-hydrogen) atoms. The van der Waals surface area contributed by atoms with E-state index in [0.717, 1.165) is 6.42 Å². The third kappa shape index (κ3) is 3.52. The molecular weight excluding hydrogens is 192 g/mol. The second-order valence-corrected chi connectivity index (χ2v) is 3.08. The van der Waals surface area contributed by atoms with Gasteiger partial charge in [0.05, 0.1) is 12.6 Å². The predicted octanol–water partition coefficient (Wildman–Crippen LogP) is 1.19. The first-order valence-electron chi connectivity index (χ1n) is 4.78. The van der Waals surface area contributed by atoms with Crippen LogP contribution in [0.25, 0.3) is 0 Å². The summed E-state index contributed by atoms with van der Waals surface area (Å²) in [4.78, 5) is 8.05. The number of anilines is 1. The van der Waals surface area contributed by atoms with Crippen LogP contribution in [-0.4, -0.2) is 29.7 Å². The summed E-state index contributed by atoms with van der Waals surface area (Å²) in [6.45, 7) is 2.64. The van der Waals surface area contributed by atoms with Gasteiger partial charge in [0.1, 0.15) is 11.8 Å². The van der Waals surface area contributed by atoms with Gasteiger partial charge in [-0.2, -0.15) is 5.26 Å². The Morgan fingerprint density at radius 1 is 1.67 bits per heavy atom. The molecular formula is C10H14N4O. The van der Waals surface area contributed by atoms with Crippen LogP contribution in [0.2, 0.25) is 0 Å². The maximum atomic E-state index is 8.66. The number of hydrogen-bond acceptors (Lipinski definition) is 5. The van der Waals surface area contributed by atoms with Crippen molar-refractivity contribution in [2.45, 2.75) is 19.4 Å². The van der Waals surface area contributed by atoms with Crippen LogP contribution >= 0.6 is 0 Å². The van der Waals surface area contributed by atoms with Crippen LogP contribution in [0, 0.1) is 11.3 Å². The van der Waals surface area contributed by atoms with Crippen LogP contribution in [-0.2, 0) is 4.74 Å². The second-order valence-electron chi connectivity index (χ2n) is 3.08. The van der Waals surface area contributed by atoms with Crippen LogP contribution < -0.4 is 5.32 Å². The molecule has 0 bridgehead atoms. The van der Waals surface area contributed by atoms with Gasteiger partial charge in [-0.1, -0.05) is 6.92 Å². The molecule has 1 unspecified atom stereocenters. The van der Waals surface area contributed by atoms with Crippen LogP contribution in [0.5, 0.6) is 0 Å². The standard InChI is InChI=1S/C10H14N4O/c1-3-8(7-15-2)13-10-12-5-4-9(6-11)14-10/h4-5,8H,3,7H2,1-2H3,(H,12,13,14). The fraction of sp³-hybridized carbons (Fsp3) is 0.500. The van der Waals surface area contributed by atoms with Crippen molar-refractivity contribution < 1.29 is 4.74 Å². The Morgan fingerprint density at radius 3 is 3.07 bits per heavy atom. The Balaban J connectivity index is 2.66. The van der Waals surface area contributed by atoms with Crippen LogP contribution in [0.4, 0.5) is 5.95 Å². The molecule has 0 aliphatic carbocycles. The summed E-state index contributed by atoms with van der Waals surface area (Å²) in [6.07, 6.45) is 2.47. The fourth-order valence-corrected chi connectivity index (χ4v) is 1.14. The minimum atomic E-state index is 0.170. The van der Waals surface area contributed by atoms with Gasteiger partial charge in [0.2, 0.25) is 5.95 Å². The predicted molar refractivity (Wildman–Crippen MR) is 56.3 cm³/mol. The zero-order valence-electron chi connectivity index (χ0n) is 8.90. The first-order chi connectivity index (χ1) is 7.30. The van der Waals surface area contributed by atoms with Gasteiger partial charge in [0, 0.05) is 13.3 Å². The van der Waals surface area contributed by atoms with Gasteiger partial charge in [-0.3, -0.25) is 0 Å². The molecule has 0 aliphatic rings. The van der Waals surface area contributed by atoms with E-state index in [1.807, 2.05) is 13.0 Å². The third-order valence-electron chi connectivity index (χ3n) is 1.96. The van der Waals surface area contributed by atoms with Crippen molar-refractivity contribution in [3.05, 3.63) is 18.0 Å². The van der Waals surface area contributed by atoms with Gasteiger partial charge >= 0.3 is 0 Å². The average molecular weight is 206 g/mol. The number of ether oxygens (including phenoxy) is 1. The quantitative estimate of drug-likeness (QED) is 0.783. The number of nitriles is 1. The lowest BCUT2D eigenvalue weighted by Crippen LogP contribution is -2.25. The Morgan fingerprint density at radius 2 is 2.47 bits per heavy atom. The van der Waals surface area contributed by atoms with Gasteiger partial charge in [-0.15, -0.1) is 0 Å². The highest BCUT2D eigenvalue weighted by Crippen LogP contribution is 2.04. The highest BCUT2D eigenvalue weighted by Gasteiger charge is 2.07. The van der Waals surface area contributed by atoms with Gasteiger partial charge in [0.25, 0.3) is 0 Å². The summed E-state index contributed by atoms with van der Waals surface area (Å²) in [6, 6.07) is 3.71. The molecule has 0 aliphatic heterocycles. The third-order valence-corrected chi connectivity index (χ3v) is 1.96. The highest BCUT2D eigenvalue weighted by molar-refractivity contribution is 5.30. The van der Waals surface area contributed by atoms with E-state index < -0.39 is 0 Å². The van der Waals surface area contributed by atoms with E-state index in [1.165, 1.54) is 0 Å². The number of aromatic nitrogens is 2. The van der Waals surface area contributed by atoms with Crippen molar-refractivity contribution in [2.75, 3.05) is 19.0 Å². The van der Waals surface area contributed by atoms with Crippen molar-refractivity contribution in [1.82, 2.24) is 9.97 Å². The molecule has 0 radical (unpaired) electrons. The number of rotatable bonds is 5. The van der Waals surface area contributed by atoms with Crippen molar-refractivity contribution in [3.63, 3.8) is 0 Å². The summed E-state index contributed by atoms with van der Waals surface area (Å²) in [7, 11) is 1.65. The summed E-state index contributed by atoms with van der Waals surface area (Å²) < 4.78 is 5.04. The van der Waals surface area contributed by atoms with Crippen molar-refractivity contribution in [2.24, 2.45) is 0 Å². The lowest BCUT2D eigenvalue weighted by Gasteiger charge is -2.15. The fourth-order valence-electron chi connectivity index (χ4n) is 1.14. The number of hydrogen-bond donors (Lipinski definition) is 1. The molecule has 0 aromatic carbocycles. The topological polar surface area (TPSA) is 70.8 Å². The SMILES string of the molecule is CCC(COC)Nc1nccc(C#N)n1. The largest absolute Gasteiger partial charge is 0.383 e. The molecule has 1 aromatic rings. The molecule has 0 saturated carbocycles. The normalized spacial score (nSPS) is 11.8. The van der Waals surface area contributed by atoms with Crippen LogP contribution in [0.1, 0.15) is 19.0 Å². The Bertz CT molecular complexity index is 348. The summed E-state index contributed by atoms with van der Waals surface area (Å²) >= 11 is 0. The molecule has 1 N–H and O–H groups in total. The molecule has 5 heteroatoms. The molecule has 0 amide bonds. The lowest BCUT2D eigenvalue weighted by molar-refractivity contribution is 0.184. The summed E-state index contributed by atoms with van der Waals surface area (Å²) in [5, 5.41) is 11.8. The van der Waals surface area contributed by atoms with Gasteiger partial charge < -0.3 is 10.1 Å². The van der Waals surface area contributed by atoms with E-state index in [1.54, 1.807) is 19.4 Å². The second kappa shape index (κ2) is 5.94. The van der Waals surface area contributed by atoms with Gasteiger partial charge in [-0.25, -0.2) is 9.97 Å². The van der Waals surface area contributed by atoms with Crippen LogP contribution in [0.15, 0.2) is 12.3 Å². The molecule has 0 saturated heterocycles. The maximum Gasteiger partial charge on any atom is 0.224 e. The number of methoxy groups -OCH3 is 1. The lowest BCUT2D eigenvalue weighted by atomic mass is 10.2. The van der Waals surface area contributed by atoms with E-state index in [2.05, 4.69) is 15.3 Å². The smallest absolute Gasteiger partial charge is 0.224 e. The van der Waals surface area contributed by atoms with Crippen molar-refractivity contribution >= 4 is 5.95 Å². The molecule has 80 valence electrons. The van der Waals surface area contributed by atoms with E-state index in [-0.39, 0.29) is 6.04 Å². The number of nitrogens with zero attached hydrogens (tertiary/aromatic N) is 3. The van der Waals surface area contributed by atoms with Gasteiger partial charge in [-0.05, 0) is 12.5 Å². The summed E-state index contributed by atoms with van der Waals surface area (Å²) in [5.41, 5.74) is 0.361. The molecule has 5 nitrogen and oxygen atoms in total. The Kier molecular flexibility index (Phi) is 4.51. The monoisotopic (exact) mass is 206 g/mol. The van der Waals surface area contributed by atoms with E-state index in [9.17, 15) is 0 Å². The zero-order valence-corrected chi connectivity index (χ0v) is 8.90. The molecule has 1 atom stereocenters. The summed E-state index contributed by atoms with van der Waals surface area (Å²) in [5.74, 6) is 0.470.